The van der Waals surface area contributed by atoms with Crippen LogP contribution in [-0.2, 0) is 0 Å². The topological polar surface area (TPSA) is 72.0 Å². The van der Waals surface area contributed by atoms with Crippen molar-refractivity contribution in [2.24, 2.45) is 0 Å². The predicted molar refractivity (Wildman–Crippen MR) is 119 cm³/mol. The first-order chi connectivity index (χ1) is 13.7. The van der Waals surface area contributed by atoms with Crippen molar-refractivity contribution in [3.8, 4) is 0 Å². The van der Waals surface area contributed by atoms with Gasteiger partial charge in [0.15, 0.2) is 0 Å². The summed E-state index contributed by atoms with van der Waals surface area (Å²) in [6.45, 7) is 0. The molecule has 0 bridgehead atoms. The highest BCUT2D eigenvalue weighted by Gasteiger charge is 2.15. The van der Waals surface area contributed by atoms with Crippen LogP contribution in [0.4, 0.5) is 0 Å². The van der Waals surface area contributed by atoms with Crippen LogP contribution in [-0.4, -0.2) is 15.7 Å². The Bertz CT molecular complexity index is 1140. The lowest BCUT2D eigenvalue weighted by Gasteiger charge is -2.16. The lowest BCUT2D eigenvalue weighted by Crippen LogP contribution is -1.99. The molecule has 0 radical (unpaired) electrons. The van der Waals surface area contributed by atoms with E-state index in [-0.39, 0.29) is 5.48 Å². The Labute approximate surface area is 169 Å². The minimum Gasteiger partial charge on any atom is -0.412 e. The van der Waals surface area contributed by atoms with Gasteiger partial charge in [-0.2, -0.15) is 0 Å². The summed E-state index contributed by atoms with van der Waals surface area (Å²) < 4.78 is 0. The van der Waals surface area contributed by atoms with Crippen LogP contribution in [0.3, 0.4) is 0 Å². The van der Waals surface area contributed by atoms with Crippen molar-refractivity contribution in [1.29, 1.82) is 0 Å². The Hall–Kier alpha value is -3.24. The predicted octanol–water partition coefficient (Wildman–Crippen LogP) is 4.98. The van der Waals surface area contributed by atoms with E-state index in [1.54, 1.807) is 0 Å². The first kappa shape index (κ1) is 19.1. The zero-order chi connectivity index (χ0) is 19.1. The molecule has 0 saturated carbocycles. The maximum atomic E-state index is 9.79. The van der Waals surface area contributed by atoms with Crippen LogP contribution < -0.4 is 0 Å². The highest BCUT2D eigenvalue weighted by Crippen LogP contribution is 2.34. The second kappa shape index (κ2) is 7.64. The van der Waals surface area contributed by atoms with Crippen LogP contribution >= 0.6 is 0 Å². The van der Waals surface area contributed by atoms with Crippen molar-refractivity contribution >= 4 is 33.7 Å². The lowest BCUT2D eigenvalue weighted by atomic mass is 9.92. The van der Waals surface area contributed by atoms with E-state index in [0.29, 0.717) is 0 Å². The number of hydrogen-bond donors (Lipinski definition) is 2. The summed E-state index contributed by atoms with van der Waals surface area (Å²) in [5, 5.41) is 24.3. The minimum atomic E-state index is -0.450. The number of aliphatic hydroxyl groups excluding tert-OH is 2. The number of hydrogen-bond acceptors (Lipinski definition) is 2. The molecule has 4 aromatic carbocycles. The van der Waals surface area contributed by atoms with Gasteiger partial charge in [0.25, 0.3) is 0 Å². The van der Waals surface area contributed by atoms with E-state index in [4.69, 9.17) is 0 Å². The smallest absolute Gasteiger partial charge is 0.0981 e. The fourth-order valence-electron chi connectivity index (χ4n) is 4.17. The quantitative estimate of drug-likeness (QED) is 0.450. The normalized spacial score (nSPS) is 18.1. The van der Waals surface area contributed by atoms with Gasteiger partial charge in [-0.15, -0.1) is 0 Å². The standard InChI is InChI=1S/2C13H10O.H2O/c2*14-12-8-7-10-4-1-3-9-5-2-6-11(12)13(9)10;/h2*1-8,12,14H;1H2. The number of benzene rings is 4. The fraction of sp³-hybridized carbons (Fsp3) is 0.0769. The molecule has 2 atom stereocenters. The van der Waals surface area contributed by atoms with Crippen LogP contribution in [0.5, 0.6) is 0 Å². The van der Waals surface area contributed by atoms with Crippen molar-refractivity contribution in [1.82, 2.24) is 0 Å². The molecule has 144 valence electrons. The molecule has 0 heterocycles. The lowest BCUT2D eigenvalue weighted by molar-refractivity contribution is 0.230. The average molecular weight is 382 g/mol. The Morgan fingerprint density at radius 1 is 0.517 bits per heavy atom. The molecule has 0 saturated heterocycles. The second-order valence-corrected chi connectivity index (χ2v) is 7.19. The van der Waals surface area contributed by atoms with E-state index in [1.807, 2.05) is 60.7 Å². The maximum Gasteiger partial charge on any atom is 0.0981 e. The monoisotopic (exact) mass is 382 g/mol. The second-order valence-electron chi connectivity index (χ2n) is 7.19. The van der Waals surface area contributed by atoms with Gasteiger partial charge < -0.3 is 15.7 Å². The molecule has 0 fully saturated rings. The van der Waals surface area contributed by atoms with E-state index in [9.17, 15) is 10.2 Å². The molecule has 4 aromatic rings. The summed E-state index contributed by atoms with van der Waals surface area (Å²) in [5.74, 6) is 0. The van der Waals surface area contributed by atoms with Gasteiger partial charge in [-0.05, 0) is 43.8 Å². The third-order valence-corrected chi connectivity index (χ3v) is 5.49. The minimum absolute atomic E-state index is 0. The van der Waals surface area contributed by atoms with Gasteiger partial charge in [0.05, 0.1) is 12.2 Å². The number of rotatable bonds is 0. The SMILES string of the molecule is O.OC1C=Cc2cccc3cccc1c23.OC1C=Cc2cccc3cccc1c23. The van der Waals surface area contributed by atoms with Crippen LogP contribution in [0.15, 0.2) is 84.9 Å². The summed E-state index contributed by atoms with van der Waals surface area (Å²) in [6.07, 6.45) is 6.73. The van der Waals surface area contributed by atoms with Gasteiger partial charge in [0.2, 0.25) is 0 Å². The zero-order valence-corrected chi connectivity index (χ0v) is 15.8. The third-order valence-electron chi connectivity index (χ3n) is 5.49. The number of aliphatic hydroxyl groups is 2. The van der Waals surface area contributed by atoms with E-state index in [0.717, 1.165) is 11.1 Å². The first-order valence-electron chi connectivity index (χ1n) is 9.48. The van der Waals surface area contributed by atoms with Crippen molar-refractivity contribution in [2.45, 2.75) is 12.2 Å². The van der Waals surface area contributed by atoms with Crippen molar-refractivity contribution in [2.75, 3.05) is 0 Å². The Kier molecular flexibility index (Phi) is 5.03. The molecule has 2 aliphatic carbocycles. The van der Waals surface area contributed by atoms with E-state index >= 15 is 0 Å². The Morgan fingerprint density at radius 3 is 1.31 bits per heavy atom. The highest BCUT2D eigenvalue weighted by atomic mass is 16.3. The van der Waals surface area contributed by atoms with E-state index in [2.05, 4.69) is 36.4 Å². The van der Waals surface area contributed by atoms with Gasteiger partial charge >= 0.3 is 0 Å². The molecule has 0 spiro atoms. The first-order valence-corrected chi connectivity index (χ1v) is 9.48. The summed E-state index contributed by atoms with van der Waals surface area (Å²) >= 11 is 0. The molecule has 29 heavy (non-hydrogen) atoms. The van der Waals surface area contributed by atoms with Crippen LogP contribution in [0.25, 0.3) is 33.7 Å². The molecular formula is C26H22O3. The molecule has 3 heteroatoms. The largest absolute Gasteiger partial charge is 0.412 e. The molecule has 0 amide bonds. The van der Waals surface area contributed by atoms with E-state index < -0.39 is 12.2 Å². The molecule has 4 N–H and O–H groups in total. The van der Waals surface area contributed by atoms with Gasteiger partial charge in [-0.25, -0.2) is 0 Å². The van der Waals surface area contributed by atoms with Crippen molar-refractivity contribution < 1.29 is 15.7 Å². The Morgan fingerprint density at radius 2 is 0.897 bits per heavy atom. The van der Waals surface area contributed by atoms with Crippen LogP contribution in [0.1, 0.15) is 34.5 Å². The molecular weight excluding hydrogens is 360 g/mol. The average Bonchev–Trinajstić information content (AvgIpc) is 2.74. The Balaban J connectivity index is 0.000000137. The fourth-order valence-corrected chi connectivity index (χ4v) is 4.17. The van der Waals surface area contributed by atoms with Gasteiger partial charge in [0, 0.05) is 0 Å². The van der Waals surface area contributed by atoms with Crippen molar-refractivity contribution in [3.63, 3.8) is 0 Å². The molecule has 2 aliphatic rings. The molecule has 6 rings (SSSR count). The summed E-state index contributed by atoms with van der Waals surface area (Å²) in [4.78, 5) is 0. The van der Waals surface area contributed by atoms with Gasteiger partial charge in [-0.3, -0.25) is 0 Å². The summed E-state index contributed by atoms with van der Waals surface area (Å²) in [5.41, 5.74) is 4.42. The van der Waals surface area contributed by atoms with Gasteiger partial charge in [0.1, 0.15) is 0 Å². The van der Waals surface area contributed by atoms with Crippen LogP contribution in [0.2, 0.25) is 0 Å². The molecule has 2 unspecified atom stereocenters. The third kappa shape index (κ3) is 3.26. The zero-order valence-electron chi connectivity index (χ0n) is 15.8. The summed E-state index contributed by atoms with van der Waals surface area (Å²) in [7, 11) is 0. The van der Waals surface area contributed by atoms with Crippen LogP contribution in [0, 0.1) is 0 Å². The van der Waals surface area contributed by atoms with Gasteiger partial charge in [-0.1, -0.05) is 97.1 Å². The highest BCUT2D eigenvalue weighted by molar-refractivity contribution is 5.96. The molecule has 0 aliphatic heterocycles. The van der Waals surface area contributed by atoms with E-state index in [1.165, 1.54) is 32.7 Å². The molecule has 3 nitrogen and oxygen atoms in total. The molecule has 0 aromatic heterocycles. The summed E-state index contributed by atoms with van der Waals surface area (Å²) in [6, 6.07) is 24.5. The maximum absolute atomic E-state index is 9.79. The van der Waals surface area contributed by atoms with Crippen molar-refractivity contribution in [3.05, 3.63) is 107 Å².